The summed E-state index contributed by atoms with van der Waals surface area (Å²) in [6, 6.07) is 12.5. The van der Waals surface area contributed by atoms with Gasteiger partial charge in [-0.05, 0) is 75.1 Å². The summed E-state index contributed by atoms with van der Waals surface area (Å²) >= 11 is 1.27. The molecule has 0 saturated carbocycles. The molecule has 2 aliphatic heterocycles. The van der Waals surface area contributed by atoms with Crippen molar-refractivity contribution in [1.82, 2.24) is 5.43 Å². The Kier molecular flexibility index (Phi) is 6.93. The maximum Gasteiger partial charge on any atom is 0.299 e. The SMILES string of the molecule is COc1ccc(/C(=N/C(C)C)N2CCCc3cc(C4=NNC(=O)SC4C)ccc32)cc1OC. The zero-order chi connectivity index (χ0) is 23.5. The number of methoxy groups -OCH3 is 2. The fraction of sp³-hybridized carbons (Fsp3) is 0.400. The Morgan fingerprint density at radius 1 is 1.18 bits per heavy atom. The number of aliphatic imine (C=N–C) groups is 1. The van der Waals surface area contributed by atoms with Crippen molar-refractivity contribution >= 4 is 34.2 Å². The van der Waals surface area contributed by atoms with E-state index in [0.29, 0.717) is 11.5 Å². The molecular weight excluding hydrogens is 436 g/mol. The summed E-state index contributed by atoms with van der Waals surface area (Å²) in [6.45, 7) is 7.07. The Labute approximate surface area is 199 Å². The lowest BCUT2D eigenvalue weighted by Gasteiger charge is -2.33. The Balaban J connectivity index is 1.74. The van der Waals surface area contributed by atoms with Crippen molar-refractivity contribution in [2.75, 3.05) is 25.7 Å². The topological polar surface area (TPSA) is 75.5 Å². The molecule has 0 spiro atoms. The standard InChI is InChI=1S/C25H30N4O3S/c1-15(2)26-24(19-9-11-21(31-4)22(14-19)32-5)29-12-6-7-17-13-18(8-10-20(17)29)23-16(3)33-25(30)28-27-23/h8-11,13-16H,6-7,12H2,1-5H3,(H,28,30)/b26-24-. The minimum Gasteiger partial charge on any atom is -0.493 e. The van der Waals surface area contributed by atoms with Gasteiger partial charge in [0.05, 0.1) is 25.2 Å². The summed E-state index contributed by atoms with van der Waals surface area (Å²) < 4.78 is 11.0. The van der Waals surface area contributed by atoms with Crippen LogP contribution in [0, 0.1) is 0 Å². The Bertz CT molecular complexity index is 1110. The highest BCUT2D eigenvalue weighted by molar-refractivity contribution is 8.14. The van der Waals surface area contributed by atoms with Crippen molar-refractivity contribution < 1.29 is 14.3 Å². The van der Waals surface area contributed by atoms with E-state index in [4.69, 9.17) is 14.5 Å². The molecule has 33 heavy (non-hydrogen) atoms. The second-order valence-electron chi connectivity index (χ2n) is 8.37. The number of fused-ring (bicyclic) bond motifs is 1. The second-order valence-corrected chi connectivity index (χ2v) is 9.68. The van der Waals surface area contributed by atoms with E-state index in [0.717, 1.165) is 47.7 Å². The van der Waals surface area contributed by atoms with Crippen LogP contribution in [0.5, 0.6) is 11.5 Å². The number of nitrogens with one attached hydrogen (secondary N) is 1. The average Bonchev–Trinajstić information content (AvgIpc) is 2.81. The molecule has 0 radical (unpaired) electrons. The highest BCUT2D eigenvalue weighted by atomic mass is 32.2. The maximum atomic E-state index is 11.6. The van der Waals surface area contributed by atoms with Gasteiger partial charge in [-0.3, -0.25) is 9.79 Å². The molecule has 7 nitrogen and oxygen atoms in total. The lowest BCUT2D eigenvalue weighted by Crippen LogP contribution is -2.37. The first-order valence-electron chi connectivity index (χ1n) is 11.2. The second kappa shape index (κ2) is 9.87. The van der Waals surface area contributed by atoms with Crippen molar-refractivity contribution in [2.24, 2.45) is 10.1 Å². The van der Waals surface area contributed by atoms with Gasteiger partial charge in [-0.2, -0.15) is 5.10 Å². The predicted molar refractivity (Wildman–Crippen MR) is 135 cm³/mol. The molecule has 8 heteroatoms. The monoisotopic (exact) mass is 466 g/mol. The van der Waals surface area contributed by atoms with E-state index in [9.17, 15) is 4.79 Å². The number of aryl methyl sites for hydroxylation is 1. The number of thioether (sulfide) groups is 1. The van der Waals surface area contributed by atoms with E-state index in [-0.39, 0.29) is 16.5 Å². The number of hydrazone groups is 1. The smallest absolute Gasteiger partial charge is 0.299 e. The highest BCUT2D eigenvalue weighted by Gasteiger charge is 2.27. The van der Waals surface area contributed by atoms with Crippen LogP contribution in [-0.4, -0.2) is 48.8 Å². The average molecular weight is 467 g/mol. The molecule has 1 N–H and O–H groups in total. The number of hydrogen-bond donors (Lipinski definition) is 1. The van der Waals surface area contributed by atoms with Gasteiger partial charge in [-0.15, -0.1) is 0 Å². The predicted octanol–water partition coefficient (Wildman–Crippen LogP) is 4.86. The van der Waals surface area contributed by atoms with Crippen LogP contribution >= 0.6 is 11.8 Å². The molecule has 2 aromatic carbocycles. The molecular formula is C25H30N4O3S. The van der Waals surface area contributed by atoms with E-state index in [1.807, 2.05) is 25.1 Å². The lowest BCUT2D eigenvalue weighted by molar-refractivity contribution is 0.261. The zero-order valence-electron chi connectivity index (χ0n) is 19.7. The number of ether oxygens (including phenoxy) is 2. The summed E-state index contributed by atoms with van der Waals surface area (Å²) in [5.74, 6) is 2.30. The lowest BCUT2D eigenvalue weighted by atomic mass is 9.96. The third-order valence-electron chi connectivity index (χ3n) is 5.71. The molecule has 1 unspecified atom stereocenters. The molecule has 2 heterocycles. The number of carbonyl (C=O) groups excluding carboxylic acids is 1. The molecule has 0 bridgehead atoms. The molecule has 2 aliphatic rings. The fourth-order valence-corrected chi connectivity index (χ4v) is 4.96. The van der Waals surface area contributed by atoms with E-state index < -0.39 is 0 Å². The molecule has 1 amide bonds. The summed E-state index contributed by atoms with van der Waals surface area (Å²) in [4.78, 5) is 18.9. The van der Waals surface area contributed by atoms with Crippen LogP contribution in [0.25, 0.3) is 0 Å². The molecule has 0 aliphatic carbocycles. The van der Waals surface area contributed by atoms with Crippen LogP contribution in [0.3, 0.4) is 0 Å². The first kappa shape index (κ1) is 23.2. The van der Waals surface area contributed by atoms with E-state index in [1.54, 1.807) is 14.2 Å². The maximum absolute atomic E-state index is 11.6. The van der Waals surface area contributed by atoms with Crippen molar-refractivity contribution in [3.05, 3.63) is 53.1 Å². The molecule has 0 fully saturated rings. The van der Waals surface area contributed by atoms with Gasteiger partial charge < -0.3 is 14.4 Å². The van der Waals surface area contributed by atoms with Crippen molar-refractivity contribution in [3.63, 3.8) is 0 Å². The van der Waals surface area contributed by atoms with Crippen LogP contribution in [0.2, 0.25) is 0 Å². The van der Waals surface area contributed by atoms with Crippen LogP contribution < -0.4 is 19.8 Å². The quantitative estimate of drug-likeness (QED) is 0.503. The number of amidine groups is 1. The van der Waals surface area contributed by atoms with Crippen molar-refractivity contribution in [3.8, 4) is 11.5 Å². The summed E-state index contributed by atoms with van der Waals surface area (Å²) in [7, 11) is 3.29. The fourth-order valence-electron chi connectivity index (χ4n) is 4.24. The third-order valence-corrected chi connectivity index (χ3v) is 6.59. The number of nitrogens with zero attached hydrogens (tertiary/aromatic N) is 3. The van der Waals surface area contributed by atoms with Crippen LogP contribution in [-0.2, 0) is 6.42 Å². The number of benzene rings is 2. The van der Waals surface area contributed by atoms with Crippen LogP contribution in [0.4, 0.5) is 10.5 Å². The Morgan fingerprint density at radius 2 is 1.97 bits per heavy atom. The molecule has 1 atom stereocenters. The summed E-state index contributed by atoms with van der Waals surface area (Å²) in [5, 5.41) is 4.22. The van der Waals surface area contributed by atoms with Gasteiger partial charge in [0.25, 0.3) is 5.24 Å². The normalized spacial score (nSPS) is 18.5. The van der Waals surface area contributed by atoms with Gasteiger partial charge in [-0.1, -0.05) is 17.8 Å². The van der Waals surface area contributed by atoms with E-state index >= 15 is 0 Å². The van der Waals surface area contributed by atoms with Gasteiger partial charge in [0, 0.05) is 23.8 Å². The number of rotatable bonds is 5. The van der Waals surface area contributed by atoms with Crippen LogP contribution in [0.15, 0.2) is 46.5 Å². The number of anilines is 1. The molecule has 2 aromatic rings. The molecule has 4 rings (SSSR count). The minimum atomic E-state index is -0.111. The van der Waals surface area contributed by atoms with Crippen molar-refractivity contribution in [1.29, 1.82) is 0 Å². The minimum absolute atomic E-state index is 0.0151. The van der Waals surface area contributed by atoms with Crippen molar-refractivity contribution in [2.45, 2.75) is 44.9 Å². The summed E-state index contributed by atoms with van der Waals surface area (Å²) in [6.07, 6.45) is 2.01. The zero-order valence-corrected chi connectivity index (χ0v) is 20.5. The molecule has 0 saturated heterocycles. The Morgan fingerprint density at radius 3 is 2.67 bits per heavy atom. The number of hydrogen-bond acceptors (Lipinski definition) is 6. The van der Waals surface area contributed by atoms with Gasteiger partial charge in [-0.25, -0.2) is 5.43 Å². The van der Waals surface area contributed by atoms with Gasteiger partial charge in [0.15, 0.2) is 11.5 Å². The van der Waals surface area contributed by atoms with Gasteiger partial charge >= 0.3 is 0 Å². The molecule has 0 aromatic heterocycles. The first-order valence-corrected chi connectivity index (χ1v) is 12.0. The van der Waals surface area contributed by atoms with Gasteiger partial charge in [0.1, 0.15) is 5.84 Å². The Hall–Kier alpha value is -3.00. The number of carbonyl (C=O) groups is 1. The third kappa shape index (κ3) is 4.85. The summed E-state index contributed by atoms with van der Waals surface area (Å²) in [5.41, 5.74) is 7.93. The largest absolute Gasteiger partial charge is 0.493 e. The first-order chi connectivity index (χ1) is 15.9. The molecule has 174 valence electrons. The van der Waals surface area contributed by atoms with Crippen LogP contribution in [0.1, 0.15) is 43.9 Å². The van der Waals surface area contributed by atoms with Gasteiger partial charge in [0.2, 0.25) is 0 Å². The van der Waals surface area contributed by atoms with E-state index in [2.05, 4.69) is 47.5 Å². The van der Waals surface area contributed by atoms with E-state index in [1.165, 1.54) is 17.3 Å². The highest BCUT2D eigenvalue weighted by Crippen LogP contribution is 2.34. The number of amides is 1.